The van der Waals surface area contributed by atoms with Gasteiger partial charge in [0, 0.05) is 6.42 Å². The van der Waals surface area contributed by atoms with Crippen molar-refractivity contribution in [2.75, 3.05) is 6.61 Å². The monoisotopic (exact) mass is 422 g/mol. The van der Waals surface area contributed by atoms with Gasteiger partial charge in [-0.05, 0) is 6.42 Å². The van der Waals surface area contributed by atoms with E-state index in [4.69, 9.17) is 9.47 Å². The van der Waals surface area contributed by atoms with Gasteiger partial charge in [-0.2, -0.15) is 5.10 Å². The number of aliphatic hydroxyl groups is 2. The summed E-state index contributed by atoms with van der Waals surface area (Å²) in [7, 11) is 0. The molecular formula is C20H30N4O6. The van der Waals surface area contributed by atoms with Gasteiger partial charge in [0.1, 0.15) is 17.6 Å². The molecule has 0 unspecified atom stereocenters. The standard InChI is InChI=1S/C20H30N4O6/c1-2-3-4-5-6-7-8-9-15(26)30-17-16(27)14(11-25)29-20(17)24-18-13(10-23-24)19(28)22-12-21-18/h10,12,14,16-17,20,25,27H,2-9,11H2,1H3,(H,21,22,28)/t14-,16-,17-,20-/m1/s1. The number of aromatic nitrogens is 4. The Morgan fingerprint density at radius 3 is 2.73 bits per heavy atom. The lowest BCUT2D eigenvalue weighted by Gasteiger charge is -2.21. The summed E-state index contributed by atoms with van der Waals surface area (Å²) in [5.74, 6) is -0.443. The second-order valence-corrected chi connectivity index (χ2v) is 7.62. The van der Waals surface area contributed by atoms with Gasteiger partial charge in [-0.15, -0.1) is 0 Å². The van der Waals surface area contributed by atoms with Crippen LogP contribution in [0.2, 0.25) is 0 Å². The smallest absolute Gasteiger partial charge is 0.306 e. The van der Waals surface area contributed by atoms with Gasteiger partial charge < -0.3 is 24.7 Å². The van der Waals surface area contributed by atoms with E-state index in [2.05, 4.69) is 22.0 Å². The van der Waals surface area contributed by atoms with Crippen molar-refractivity contribution in [3.8, 4) is 0 Å². The molecule has 10 heteroatoms. The molecule has 2 aromatic rings. The van der Waals surface area contributed by atoms with Gasteiger partial charge in [-0.1, -0.05) is 45.4 Å². The van der Waals surface area contributed by atoms with Gasteiger partial charge in [0.05, 0.1) is 19.1 Å². The van der Waals surface area contributed by atoms with Gasteiger partial charge in [0.25, 0.3) is 5.56 Å². The molecule has 1 aliphatic rings. The zero-order valence-electron chi connectivity index (χ0n) is 17.2. The number of ether oxygens (including phenoxy) is 2. The summed E-state index contributed by atoms with van der Waals surface area (Å²) in [6.45, 7) is 1.72. The fourth-order valence-electron chi connectivity index (χ4n) is 3.69. The van der Waals surface area contributed by atoms with Crippen LogP contribution in [0.5, 0.6) is 0 Å². The molecule has 0 aliphatic carbocycles. The lowest BCUT2D eigenvalue weighted by molar-refractivity contribution is -0.159. The summed E-state index contributed by atoms with van der Waals surface area (Å²) < 4.78 is 12.5. The van der Waals surface area contributed by atoms with Crippen LogP contribution in [0.3, 0.4) is 0 Å². The maximum atomic E-state index is 12.4. The summed E-state index contributed by atoms with van der Waals surface area (Å²) in [6.07, 6.45) is 6.13. The van der Waals surface area contributed by atoms with Crippen molar-refractivity contribution in [1.82, 2.24) is 19.7 Å². The number of fused-ring (bicyclic) bond motifs is 1. The molecular weight excluding hydrogens is 392 g/mol. The third-order valence-electron chi connectivity index (χ3n) is 5.38. The number of aromatic amines is 1. The average Bonchev–Trinajstić information content (AvgIpc) is 3.30. The molecule has 3 heterocycles. The molecule has 0 radical (unpaired) electrons. The van der Waals surface area contributed by atoms with E-state index in [1.807, 2.05) is 0 Å². The molecule has 3 rings (SSSR count). The van der Waals surface area contributed by atoms with Crippen LogP contribution in [-0.2, 0) is 14.3 Å². The van der Waals surface area contributed by atoms with E-state index in [0.29, 0.717) is 6.42 Å². The predicted octanol–water partition coefficient (Wildman–Crippen LogP) is 1.42. The molecule has 1 saturated heterocycles. The molecule has 1 fully saturated rings. The molecule has 3 N–H and O–H groups in total. The molecule has 1 aliphatic heterocycles. The van der Waals surface area contributed by atoms with Gasteiger partial charge in [0.15, 0.2) is 18.0 Å². The first kappa shape index (κ1) is 22.4. The van der Waals surface area contributed by atoms with Gasteiger partial charge in [-0.3, -0.25) is 9.59 Å². The molecule has 0 aromatic carbocycles. The molecule has 4 atom stereocenters. The minimum atomic E-state index is -1.22. The predicted molar refractivity (Wildman–Crippen MR) is 108 cm³/mol. The first-order valence-corrected chi connectivity index (χ1v) is 10.6. The van der Waals surface area contributed by atoms with Crippen LogP contribution in [0, 0.1) is 0 Å². The molecule has 0 bridgehead atoms. The van der Waals surface area contributed by atoms with E-state index in [0.717, 1.165) is 19.3 Å². The molecule has 2 aromatic heterocycles. The number of H-pyrrole nitrogens is 1. The zero-order chi connectivity index (χ0) is 21.5. The minimum absolute atomic E-state index is 0.239. The van der Waals surface area contributed by atoms with Crippen LogP contribution in [0.1, 0.15) is 64.5 Å². The second kappa shape index (κ2) is 10.6. The number of hydrogen-bond acceptors (Lipinski definition) is 8. The Bertz CT molecular complexity index is 882. The van der Waals surface area contributed by atoms with E-state index in [1.54, 1.807) is 0 Å². The number of unbranched alkanes of at least 4 members (excludes halogenated alkanes) is 6. The Hall–Kier alpha value is -2.30. The van der Waals surface area contributed by atoms with Crippen LogP contribution in [0.4, 0.5) is 0 Å². The summed E-state index contributed by atoms with van der Waals surface area (Å²) in [6, 6.07) is 0. The fourth-order valence-corrected chi connectivity index (χ4v) is 3.69. The van der Waals surface area contributed by atoms with Crippen molar-refractivity contribution >= 4 is 17.0 Å². The third-order valence-corrected chi connectivity index (χ3v) is 5.38. The number of carbonyl (C=O) groups excluding carboxylic acids is 1. The largest absolute Gasteiger partial charge is 0.455 e. The summed E-state index contributed by atoms with van der Waals surface area (Å²) in [5, 5.41) is 24.4. The van der Waals surface area contributed by atoms with Crippen molar-refractivity contribution in [1.29, 1.82) is 0 Å². The van der Waals surface area contributed by atoms with Gasteiger partial charge in [0.2, 0.25) is 0 Å². The summed E-state index contributed by atoms with van der Waals surface area (Å²) in [4.78, 5) is 30.8. The van der Waals surface area contributed by atoms with Crippen LogP contribution >= 0.6 is 0 Å². The molecule has 10 nitrogen and oxygen atoms in total. The topological polar surface area (TPSA) is 140 Å². The molecule has 0 saturated carbocycles. The zero-order valence-corrected chi connectivity index (χ0v) is 17.2. The first-order chi connectivity index (χ1) is 14.6. The highest BCUT2D eigenvalue weighted by atomic mass is 16.6. The Kier molecular flexibility index (Phi) is 7.94. The Morgan fingerprint density at radius 1 is 1.27 bits per heavy atom. The number of rotatable bonds is 11. The highest BCUT2D eigenvalue weighted by Crippen LogP contribution is 2.33. The van der Waals surface area contributed by atoms with Crippen molar-refractivity contribution in [3.63, 3.8) is 0 Å². The van der Waals surface area contributed by atoms with E-state index in [-0.39, 0.29) is 23.0 Å². The SMILES string of the molecule is CCCCCCCCCC(=O)O[C@@H]1[C@H](O)[C@@H](CO)O[C@H]1n1ncc2c(=O)[nH]cnc21. The van der Waals surface area contributed by atoms with Crippen molar-refractivity contribution in [2.24, 2.45) is 0 Å². The Balaban J connectivity index is 1.63. The molecule has 166 valence electrons. The van der Waals surface area contributed by atoms with Crippen molar-refractivity contribution in [2.45, 2.75) is 82.8 Å². The summed E-state index contributed by atoms with van der Waals surface area (Å²) in [5.41, 5.74) is -0.126. The van der Waals surface area contributed by atoms with Crippen LogP contribution in [-0.4, -0.2) is 60.8 Å². The van der Waals surface area contributed by atoms with Gasteiger partial charge >= 0.3 is 5.97 Å². The normalized spacial score (nSPS) is 23.8. The van der Waals surface area contributed by atoms with E-state index in [9.17, 15) is 19.8 Å². The molecule has 0 amide bonds. The number of aliphatic hydroxyl groups excluding tert-OH is 2. The number of hydrogen-bond donors (Lipinski definition) is 3. The molecule has 30 heavy (non-hydrogen) atoms. The third kappa shape index (κ3) is 5.05. The maximum absolute atomic E-state index is 12.4. The lowest BCUT2D eigenvalue weighted by atomic mass is 10.1. The number of carbonyl (C=O) groups is 1. The van der Waals surface area contributed by atoms with E-state index in [1.165, 1.54) is 36.5 Å². The highest BCUT2D eigenvalue weighted by Gasteiger charge is 2.48. The summed E-state index contributed by atoms with van der Waals surface area (Å²) >= 11 is 0. The second-order valence-electron chi connectivity index (χ2n) is 7.62. The van der Waals surface area contributed by atoms with E-state index >= 15 is 0 Å². The Labute approximate surface area is 174 Å². The van der Waals surface area contributed by atoms with Crippen LogP contribution in [0.25, 0.3) is 11.0 Å². The number of esters is 1. The van der Waals surface area contributed by atoms with Crippen molar-refractivity contribution in [3.05, 3.63) is 22.9 Å². The highest BCUT2D eigenvalue weighted by molar-refractivity contribution is 5.73. The first-order valence-electron chi connectivity index (χ1n) is 10.6. The van der Waals surface area contributed by atoms with Crippen LogP contribution in [0.15, 0.2) is 17.3 Å². The van der Waals surface area contributed by atoms with Crippen molar-refractivity contribution < 1.29 is 24.5 Å². The fraction of sp³-hybridized carbons (Fsp3) is 0.700. The maximum Gasteiger partial charge on any atom is 0.306 e. The Morgan fingerprint density at radius 2 is 2.00 bits per heavy atom. The number of nitrogens with one attached hydrogen (secondary N) is 1. The quantitative estimate of drug-likeness (QED) is 0.365. The molecule has 0 spiro atoms. The minimum Gasteiger partial charge on any atom is -0.455 e. The van der Waals surface area contributed by atoms with Crippen LogP contribution < -0.4 is 5.56 Å². The lowest BCUT2D eigenvalue weighted by Crippen LogP contribution is -2.37. The van der Waals surface area contributed by atoms with E-state index < -0.39 is 37.1 Å². The average molecular weight is 422 g/mol. The van der Waals surface area contributed by atoms with Gasteiger partial charge in [-0.25, -0.2) is 9.67 Å². The number of nitrogens with zero attached hydrogens (tertiary/aromatic N) is 3.